The van der Waals surface area contributed by atoms with Crippen molar-refractivity contribution in [3.05, 3.63) is 76.6 Å². The molecule has 0 radical (unpaired) electrons. The zero-order chi connectivity index (χ0) is 26.1. The van der Waals surface area contributed by atoms with Crippen molar-refractivity contribution in [3.8, 4) is 16.8 Å². The number of benzene rings is 1. The number of anilines is 1. The SMILES string of the molecule is CC(C)[C@H](N)C(=O)OC1CCN(c2ccc(-n3cnn4cc(-c5ccc(Cl)cc5)cc4c3=O)cn2)CC1. The molecule has 0 unspecified atom stereocenters. The Morgan fingerprint density at radius 3 is 2.49 bits per heavy atom. The van der Waals surface area contributed by atoms with Crippen LogP contribution < -0.4 is 16.2 Å². The summed E-state index contributed by atoms with van der Waals surface area (Å²) in [7, 11) is 0. The topological polar surface area (TPSA) is 108 Å². The number of hydrogen-bond donors (Lipinski definition) is 1. The number of hydrogen-bond acceptors (Lipinski definition) is 7. The summed E-state index contributed by atoms with van der Waals surface area (Å²) in [5, 5.41) is 5.07. The fourth-order valence-electron chi connectivity index (χ4n) is 4.40. The van der Waals surface area contributed by atoms with Gasteiger partial charge in [-0.3, -0.25) is 14.2 Å². The number of halogens is 1. The number of nitrogens with two attached hydrogens (primary N) is 1. The number of carbonyl (C=O) groups excluding carboxylic acids is 1. The molecule has 4 aromatic rings. The van der Waals surface area contributed by atoms with E-state index < -0.39 is 6.04 Å². The highest BCUT2D eigenvalue weighted by molar-refractivity contribution is 6.30. The van der Waals surface area contributed by atoms with Gasteiger partial charge in [-0.1, -0.05) is 37.6 Å². The van der Waals surface area contributed by atoms with Gasteiger partial charge >= 0.3 is 5.97 Å². The minimum Gasteiger partial charge on any atom is -0.461 e. The summed E-state index contributed by atoms with van der Waals surface area (Å²) in [5.74, 6) is 0.513. The van der Waals surface area contributed by atoms with E-state index in [0.29, 0.717) is 42.2 Å². The normalized spacial score (nSPS) is 15.3. The number of esters is 1. The molecule has 4 heterocycles. The van der Waals surface area contributed by atoms with Crippen molar-refractivity contribution >= 4 is 28.9 Å². The molecular weight excluding hydrogens is 492 g/mol. The van der Waals surface area contributed by atoms with Crippen molar-refractivity contribution in [2.45, 2.75) is 38.8 Å². The Morgan fingerprint density at radius 1 is 1.11 bits per heavy atom. The second-order valence-electron chi connectivity index (χ2n) is 9.64. The molecule has 1 aromatic carbocycles. The van der Waals surface area contributed by atoms with E-state index in [9.17, 15) is 9.59 Å². The van der Waals surface area contributed by atoms with Crippen LogP contribution in [0.15, 0.2) is 66.0 Å². The maximum atomic E-state index is 13.2. The van der Waals surface area contributed by atoms with Crippen molar-refractivity contribution in [2.75, 3.05) is 18.0 Å². The molecule has 3 aromatic heterocycles. The van der Waals surface area contributed by atoms with Crippen molar-refractivity contribution in [1.82, 2.24) is 19.2 Å². The van der Waals surface area contributed by atoms with Gasteiger partial charge in [0.15, 0.2) is 0 Å². The Kier molecular flexibility index (Phi) is 6.99. The lowest BCUT2D eigenvalue weighted by atomic mass is 10.0. The minimum absolute atomic E-state index is 0.0435. The summed E-state index contributed by atoms with van der Waals surface area (Å²) in [6.45, 7) is 5.24. The third kappa shape index (κ3) is 5.23. The van der Waals surface area contributed by atoms with Gasteiger partial charge in [0.25, 0.3) is 5.56 Å². The Labute approximate surface area is 219 Å². The highest BCUT2D eigenvalue weighted by atomic mass is 35.5. The summed E-state index contributed by atoms with van der Waals surface area (Å²) in [4.78, 5) is 32.1. The summed E-state index contributed by atoms with van der Waals surface area (Å²) >= 11 is 5.99. The Bertz CT molecular complexity index is 1450. The van der Waals surface area contributed by atoms with Gasteiger partial charge in [0.1, 0.15) is 29.8 Å². The molecular formula is C27H29ClN6O3. The van der Waals surface area contributed by atoms with Crippen LogP contribution in [0.1, 0.15) is 26.7 Å². The van der Waals surface area contributed by atoms with Crippen LogP contribution in [0.3, 0.4) is 0 Å². The molecule has 1 aliphatic heterocycles. The van der Waals surface area contributed by atoms with Gasteiger partial charge in [-0.15, -0.1) is 0 Å². The molecule has 0 aliphatic carbocycles. The standard InChI is InChI=1S/C27H29ClN6O3/c1-17(2)25(29)27(36)37-22-9-11-32(12-10-22)24-8-7-21(14-30-24)33-16-31-34-15-19(13-23(34)26(33)35)18-3-5-20(28)6-4-18/h3-8,13-17,22,25H,9-12,29H2,1-2H3/t25-/m0/s1. The summed E-state index contributed by atoms with van der Waals surface area (Å²) < 4.78 is 8.66. The Hall–Kier alpha value is -3.69. The smallest absolute Gasteiger partial charge is 0.323 e. The minimum atomic E-state index is -0.597. The molecule has 192 valence electrons. The van der Waals surface area contributed by atoms with Gasteiger partial charge in [-0.05, 0) is 41.8 Å². The van der Waals surface area contributed by atoms with E-state index in [1.807, 2.05) is 62.5 Å². The number of nitrogens with zero attached hydrogens (tertiary/aromatic N) is 5. The van der Waals surface area contributed by atoms with Gasteiger partial charge in [-0.25, -0.2) is 9.50 Å². The number of pyridine rings is 1. The third-order valence-electron chi connectivity index (χ3n) is 6.76. The van der Waals surface area contributed by atoms with Crippen molar-refractivity contribution in [2.24, 2.45) is 11.7 Å². The van der Waals surface area contributed by atoms with Gasteiger partial charge < -0.3 is 15.4 Å². The monoisotopic (exact) mass is 520 g/mol. The molecule has 1 fully saturated rings. The zero-order valence-electron chi connectivity index (χ0n) is 20.8. The molecule has 0 bridgehead atoms. The first-order chi connectivity index (χ1) is 17.8. The van der Waals surface area contributed by atoms with Gasteiger partial charge in [0, 0.05) is 42.7 Å². The molecule has 0 amide bonds. The molecule has 37 heavy (non-hydrogen) atoms. The molecule has 0 spiro atoms. The molecule has 1 atom stereocenters. The van der Waals surface area contributed by atoms with Crippen molar-refractivity contribution < 1.29 is 9.53 Å². The molecule has 2 N–H and O–H groups in total. The fourth-order valence-corrected chi connectivity index (χ4v) is 4.53. The van der Waals surface area contributed by atoms with E-state index in [2.05, 4.69) is 15.0 Å². The number of carbonyl (C=O) groups is 1. The average Bonchev–Trinajstić information content (AvgIpc) is 3.35. The van der Waals surface area contributed by atoms with E-state index >= 15 is 0 Å². The van der Waals surface area contributed by atoms with Gasteiger partial charge in [-0.2, -0.15) is 5.10 Å². The number of piperidine rings is 1. The van der Waals surface area contributed by atoms with Crippen LogP contribution in [0.4, 0.5) is 5.82 Å². The second-order valence-corrected chi connectivity index (χ2v) is 10.1. The third-order valence-corrected chi connectivity index (χ3v) is 7.01. The summed E-state index contributed by atoms with van der Waals surface area (Å²) in [5.41, 5.74) is 8.64. The maximum absolute atomic E-state index is 13.2. The van der Waals surface area contributed by atoms with Crippen LogP contribution in [-0.4, -0.2) is 50.4 Å². The Balaban J connectivity index is 1.28. The molecule has 10 heteroatoms. The van der Waals surface area contributed by atoms with Gasteiger partial charge in [0.2, 0.25) is 0 Å². The lowest BCUT2D eigenvalue weighted by Gasteiger charge is -2.33. The number of aromatic nitrogens is 4. The number of ether oxygens (including phenoxy) is 1. The number of rotatable bonds is 6. The van der Waals surface area contributed by atoms with Crippen LogP contribution in [0.5, 0.6) is 0 Å². The summed E-state index contributed by atoms with van der Waals surface area (Å²) in [6.07, 6.45) is 6.28. The first kappa shape index (κ1) is 25.0. The summed E-state index contributed by atoms with van der Waals surface area (Å²) in [6, 6.07) is 12.4. The van der Waals surface area contributed by atoms with Crippen LogP contribution in [0.25, 0.3) is 22.3 Å². The molecule has 1 saturated heterocycles. The second kappa shape index (κ2) is 10.4. The largest absolute Gasteiger partial charge is 0.461 e. The lowest BCUT2D eigenvalue weighted by Crippen LogP contribution is -2.43. The highest BCUT2D eigenvalue weighted by Gasteiger charge is 2.26. The van der Waals surface area contributed by atoms with Gasteiger partial charge in [0.05, 0.1) is 11.9 Å². The predicted molar refractivity (Wildman–Crippen MR) is 143 cm³/mol. The first-order valence-corrected chi connectivity index (χ1v) is 12.7. The van der Waals surface area contributed by atoms with Crippen LogP contribution in [0, 0.1) is 5.92 Å². The Morgan fingerprint density at radius 2 is 1.84 bits per heavy atom. The van der Waals surface area contributed by atoms with E-state index in [4.69, 9.17) is 22.1 Å². The van der Waals surface area contributed by atoms with E-state index in [-0.39, 0.29) is 23.6 Å². The van der Waals surface area contributed by atoms with Crippen LogP contribution in [0.2, 0.25) is 5.02 Å². The number of fused-ring (bicyclic) bond motifs is 1. The fraction of sp³-hybridized carbons (Fsp3) is 0.333. The quantitative estimate of drug-likeness (QED) is 0.386. The average molecular weight is 521 g/mol. The molecule has 0 saturated carbocycles. The predicted octanol–water partition coefficient (Wildman–Crippen LogP) is 3.70. The van der Waals surface area contributed by atoms with Crippen molar-refractivity contribution in [3.63, 3.8) is 0 Å². The highest BCUT2D eigenvalue weighted by Crippen LogP contribution is 2.24. The van der Waals surface area contributed by atoms with Crippen molar-refractivity contribution in [1.29, 1.82) is 0 Å². The molecule has 5 rings (SSSR count). The van der Waals surface area contributed by atoms with E-state index in [0.717, 1.165) is 16.9 Å². The molecule has 9 nitrogen and oxygen atoms in total. The van der Waals surface area contributed by atoms with Crippen LogP contribution in [-0.2, 0) is 9.53 Å². The molecule has 1 aliphatic rings. The first-order valence-electron chi connectivity index (χ1n) is 12.3. The lowest BCUT2D eigenvalue weighted by molar-refractivity contribution is -0.152. The van der Waals surface area contributed by atoms with E-state index in [1.54, 1.807) is 10.7 Å². The van der Waals surface area contributed by atoms with Crippen LogP contribution >= 0.6 is 11.6 Å². The zero-order valence-corrected chi connectivity index (χ0v) is 21.5. The van der Waals surface area contributed by atoms with E-state index in [1.165, 1.54) is 10.9 Å². The maximum Gasteiger partial charge on any atom is 0.323 e.